The lowest BCUT2D eigenvalue weighted by Gasteiger charge is -2.09. The minimum Gasteiger partial charge on any atom is -0.496 e. The quantitative estimate of drug-likeness (QED) is 0.486. The maximum Gasteiger partial charge on any atom is 0.348 e. The van der Waals surface area contributed by atoms with Crippen molar-refractivity contribution < 1.29 is 28.6 Å². The number of hydrogen-bond donors (Lipinski definition) is 2. The Morgan fingerprint density at radius 2 is 1.91 bits per heavy atom. The second kappa shape index (κ2) is 10.1. The molecule has 3 rings (SSSR count). The number of anilines is 1. The van der Waals surface area contributed by atoms with Crippen molar-refractivity contribution in [2.24, 2.45) is 0 Å². The van der Waals surface area contributed by atoms with Gasteiger partial charge in [-0.15, -0.1) is 11.3 Å². The zero-order chi connectivity index (χ0) is 23.3. The van der Waals surface area contributed by atoms with Gasteiger partial charge in [-0.1, -0.05) is 12.1 Å². The van der Waals surface area contributed by atoms with Gasteiger partial charge < -0.3 is 25.3 Å². The SMILES string of the molecule is CCOC(=O)c1sc2nc(COC(=O)CNC(=O)c3ccccc3OC)nc(N)c2c1C. The van der Waals surface area contributed by atoms with Crippen LogP contribution in [-0.2, 0) is 20.9 Å². The summed E-state index contributed by atoms with van der Waals surface area (Å²) in [6.07, 6.45) is 0. The Balaban J connectivity index is 1.63. The van der Waals surface area contributed by atoms with Gasteiger partial charge in [0.2, 0.25) is 0 Å². The van der Waals surface area contributed by atoms with Crippen LogP contribution in [0, 0.1) is 6.92 Å². The minimum atomic E-state index is -0.676. The summed E-state index contributed by atoms with van der Waals surface area (Å²) < 4.78 is 15.3. The summed E-state index contributed by atoms with van der Waals surface area (Å²) in [5, 5.41) is 3.04. The van der Waals surface area contributed by atoms with Crippen LogP contribution in [0.5, 0.6) is 5.75 Å². The number of esters is 2. The van der Waals surface area contributed by atoms with Gasteiger partial charge in [-0.2, -0.15) is 0 Å². The topological polar surface area (TPSA) is 143 Å². The molecular formula is C21H22N4O6S. The molecule has 0 unspecified atom stereocenters. The molecule has 0 spiro atoms. The Bertz CT molecular complexity index is 1180. The number of nitrogens with two attached hydrogens (primary N) is 1. The number of para-hydroxylation sites is 1. The molecule has 2 heterocycles. The number of fused-ring (bicyclic) bond motifs is 1. The number of aryl methyl sites for hydroxylation is 1. The summed E-state index contributed by atoms with van der Waals surface area (Å²) in [5.41, 5.74) is 6.98. The third-order valence-electron chi connectivity index (χ3n) is 4.43. The number of carbonyl (C=O) groups excluding carboxylic acids is 3. The van der Waals surface area contributed by atoms with Gasteiger partial charge in [0.05, 0.1) is 24.7 Å². The molecule has 3 aromatic rings. The summed E-state index contributed by atoms with van der Waals surface area (Å²) >= 11 is 1.13. The standard InChI is InChI=1S/C21H22N4O6S/c1-4-30-21(28)17-11(2)16-18(22)24-14(25-20(16)32-17)10-31-15(26)9-23-19(27)12-7-5-6-8-13(12)29-3/h5-8H,4,9-10H2,1-3H3,(H,23,27)(H2,22,24,25). The number of nitrogen functional groups attached to an aromatic ring is 1. The number of methoxy groups -OCH3 is 1. The van der Waals surface area contributed by atoms with Crippen molar-refractivity contribution >= 4 is 45.2 Å². The Morgan fingerprint density at radius 3 is 2.62 bits per heavy atom. The molecule has 2 aromatic heterocycles. The first-order valence-corrected chi connectivity index (χ1v) is 10.5. The van der Waals surface area contributed by atoms with E-state index < -0.39 is 17.8 Å². The Labute approximate surface area is 187 Å². The fraction of sp³-hybridized carbons (Fsp3) is 0.286. The van der Waals surface area contributed by atoms with E-state index >= 15 is 0 Å². The van der Waals surface area contributed by atoms with Crippen LogP contribution in [0.15, 0.2) is 24.3 Å². The van der Waals surface area contributed by atoms with Crippen molar-refractivity contribution in [2.45, 2.75) is 20.5 Å². The molecule has 11 heteroatoms. The molecule has 0 aliphatic heterocycles. The zero-order valence-electron chi connectivity index (χ0n) is 17.8. The first kappa shape index (κ1) is 22.9. The highest BCUT2D eigenvalue weighted by Crippen LogP contribution is 2.33. The number of thiophene rings is 1. The van der Waals surface area contributed by atoms with Gasteiger partial charge in [0.25, 0.3) is 5.91 Å². The molecule has 32 heavy (non-hydrogen) atoms. The van der Waals surface area contributed by atoms with Crippen LogP contribution >= 0.6 is 11.3 Å². The molecule has 10 nitrogen and oxygen atoms in total. The van der Waals surface area contributed by atoms with Gasteiger partial charge in [-0.25, -0.2) is 14.8 Å². The van der Waals surface area contributed by atoms with Crippen LogP contribution in [0.25, 0.3) is 10.2 Å². The van der Waals surface area contributed by atoms with Crippen molar-refractivity contribution in [3.8, 4) is 5.75 Å². The summed E-state index contributed by atoms with van der Waals surface area (Å²) in [4.78, 5) is 45.8. The highest BCUT2D eigenvalue weighted by atomic mass is 32.1. The number of nitrogens with zero attached hydrogens (tertiary/aromatic N) is 2. The van der Waals surface area contributed by atoms with E-state index in [2.05, 4.69) is 15.3 Å². The van der Waals surface area contributed by atoms with E-state index in [1.807, 2.05) is 0 Å². The molecule has 0 fully saturated rings. The zero-order valence-corrected chi connectivity index (χ0v) is 18.6. The molecule has 1 aromatic carbocycles. The number of amides is 1. The van der Waals surface area contributed by atoms with Crippen LogP contribution in [-0.4, -0.2) is 48.1 Å². The lowest BCUT2D eigenvalue weighted by molar-refractivity contribution is -0.143. The highest BCUT2D eigenvalue weighted by Gasteiger charge is 2.21. The van der Waals surface area contributed by atoms with Gasteiger partial charge in [0.15, 0.2) is 12.4 Å². The predicted molar refractivity (Wildman–Crippen MR) is 118 cm³/mol. The molecule has 0 atom stereocenters. The molecule has 3 N–H and O–H groups in total. The lowest BCUT2D eigenvalue weighted by atomic mass is 10.2. The van der Waals surface area contributed by atoms with E-state index in [1.165, 1.54) is 7.11 Å². The van der Waals surface area contributed by atoms with E-state index in [0.717, 1.165) is 11.3 Å². The van der Waals surface area contributed by atoms with Gasteiger partial charge in [-0.05, 0) is 31.5 Å². The van der Waals surface area contributed by atoms with Crippen LogP contribution < -0.4 is 15.8 Å². The number of aromatic nitrogens is 2. The number of carbonyl (C=O) groups is 3. The third-order valence-corrected chi connectivity index (χ3v) is 5.60. The van der Waals surface area contributed by atoms with Crippen molar-refractivity contribution in [3.63, 3.8) is 0 Å². The summed E-state index contributed by atoms with van der Waals surface area (Å²) in [5.74, 6) is -0.854. The summed E-state index contributed by atoms with van der Waals surface area (Å²) in [6, 6.07) is 6.65. The fourth-order valence-electron chi connectivity index (χ4n) is 2.95. The van der Waals surface area contributed by atoms with Crippen LogP contribution in [0.3, 0.4) is 0 Å². The average Bonchev–Trinajstić information content (AvgIpc) is 3.13. The van der Waals surface area contributed by atoms with E-state index in [0.29, 0.717) is 32.0 Å². The van der Waals surface area contributed by atoms with Crippen LogP contribution in [0.1, 0.15) is 38.3 Å². The van der Waals surface area contributed by atoms with Crippen molar-refractivity contribution in [1.29, 1.82) is 0 Å². The molecule has 0 radical (unpaired) electrons. The van der Waals surface area contributed by atoms with Crippen molar-refractivity contribution in [3.05, 3.63) is 46.1 Å². The number of nitrogens with one attached hydrogen (secondary N) is 1. The first-order chi connectivity index (χ1) is 15.3. The third kappa shape index (κ3) is 4.94. The Hall–Kier alpha value is -3.73. The number of ether oxygens (including phenoxy) is 3. The maximum absolute atomic E-state index is 12.3. The first-order valence-electron chi connectivity index (χ1n) is 9.65. The lowest BCUT2D eigenvalue weighted by Crippen LogP contribution is -2.30. The number of hydrogen-bond acceptors (Lipinski definition) is 10. The Kier molecular flexibility index (Phi) is 7.21. The number of rotatable bonds is 8. The second-order valence-electron chi connectivity index (χ2n) is 6.53. The van der Waals surface area contributed by atoms with E-state index in [9.17, 15) is 14.4 Å². The molecule has 0 bridgehead atoms. The largest absolute Gasteiger partial charge is 0.496 e. The Morgan fingerprint density at radius 1 is 1.16 bits per heavy atom. The van der Waals surface area contributed by atoms with Crippen molar-refractivity contribution in [2.75, 3.05) is 26.0 Å². The normalized spacial score (nSPS) is 10.6. The summed E-state index contributed by atoms with van der Waals surface area (Å²) in [7, 11) is 1.45. The second-order valence-corrected chi connectivity index (χ2v) is 7.52. The fourth-order valence-corrected chi connectivity index (χ4v) is 4.05. The molecular weight excluding hydrogens is 436 g/mol. The highest BCUT2D eigenvalue weighted by molar-refractivity contribution is 7.20. The molecule has 168 valence electrons. The van der Waals surface area contributed by atoms with Crippen LogP contribution in [0.2, 0.25) is 0 Å². The van der Waals surface area contributed by atoms with Gasteiger partial charge in [0, 0.05) is 0 Å². The molecule has 1 amide bonds. The monoisotopic (exact) mass is 458 g/mol. The molecule has 0 aliphatic carbocycles. The van der Waals surface area contributed by atoms with E-state index in [1.54, 1.807) is 38.1 Å². The average molecular weight is 458 g/mol. The molecule has 0 saturated heterocycles. The van der Waals surface area contributed by atoms with E-state index in [-0.39, 0.29) is 31.4 Å². The minimum absolute atomic E-state index is 0.176. The molecule has 0 saturated carbocycles. The molecule has 0 aliphatic rings. The van der Waals surface area contributed by atoms with Gasteiger partial charge in [0.1, 0.15) is 27.8 Å². The van der Waals surface area contributed by atoms with Gasteiger partial charge >= 0.3 is 11.9 Å². The van der Waals surface area contributed by atoms with Gasteiger partial charge in [-0.3, -0.25) is 9.59 Å². The summed E-state index contributed by atoms with van der Waals surface area (Å²) in [6.45, 7) is 3.13. The van der Waals surface area contributed by atoms with Crippen molar-refractivity contribution in [1.82, 2.24) is 15.3 Å². The smallest absolute Gasteiger partial charge is 0.348 e. The van der Waals surface area contributed by atoms with E-state index in [4.69, 9.17) is 19.9 Å². The number of benzene rings is 1. The maximum atomic E-state index is 12.3. The van der Waals surface area contributed by atoms with Crippen LogP contribution in [0.4, 0.5) is 5.82 Å². The predicted octanol–water partition coefficient (Wildman–Crippen LogP) is 2.24.